The molecule has 0 bridgehead atoms. The Bertz CT molecular complexity index is 1650. The zero-order chi connectivity index (χ0) is 28.1. The number of carbonyl (C=O) groups is 1. The third-order valence-corrected chi connectivity index (χ3v) is 7.32. The minimum absolute atomic E-state index is 0.0277. The van der Waals surface area contributed by atoms with E-state index in [1.807, 2.05) is 37.3 Å². The molecule has 0 unspecified atom stereocenters. The van der Waals surface area contributed by atoms with Crippen molar-refractivity contribution in [3.05, 3.63) is 83.0 Å². The molecule has 0 radical (unpaired) electrons. The number of ether oxygens (including phenoxy) is 4. The molecular weight excluding hydrogens is 584 g/mol. The molecule has 0 N–H and O–H groups in total. The van der Waals surface area contributed by atoms with Gasteiger partial charge in [0.15, 0.2) is 16.3 Å². The second-order valence-corrected chi connectivity index (χ2v) is 10.2. The van der Waals surface area contributed by atoms with E-state index >= 15 is 0 Å². The number of esters is 1. The van der Waals surface area contributed by atoms with Crippen molar-refractivity contribution in [1.82, 2.24) is 4.57 Å². The lowest BCUT2D eigenvalue weighted by Crippen LogP contribution is -2.39. The van der Waals surface area contributed by atoms with Gasteiger partial charge in [-0.05, 0) is 56.7 Å². The summed E-state index contributed by atoms with van der Waals surface area (Å²) in [5, 5.41) is 0. The van der Waals surface area contributed by atoms with E-state index in [4.69, 9.17) is 25.4 Å². The van der Waals surface area contributed by atoms with Crippen molar-refractivity contribution in [2.75, 3.05) is 26.9 Å². The second-order valence-electron chi connectivity index (χ2n) is 8.32. The van der Waals surface area contributed by atoms with Gasteiger partial charge in [0.1, 0.15) is 12.4 Å². The molecule has 39 heavy (non-hydrogen) atoms. The fourth-order valence-electron chi connectivity index (χ4n) is 4.28. The standard InChI is InChI=1S/C29H27BrN2O6S/c1-6-13-38-26-19(14-20(30)16-22(26)35-5)15-23-27(33)32-25(18-9-11-21(12-10-18)36-7-2)24(28(34)37-8-3)17(4)31-29(32)39-23/h1,9-12,14-16,25H,7-8,13H2,2-5H3/b23-15-/t25-/m1/s1. The van der Waals surface area contributed by atoms with Crippen molar-refractivity contribution in [3.63, 3.8) is 0 Å². The van der Waals surface area contributed by atoms with Gasteiger partial charge in [-0.1, -0.05) is 45.3 Å². The molecule has 2 heterocycles. The summed E-state index contributed by atoms with van der Waals surface area (Å²) < 4.78 is 24.9. The Morgan fingerprint density at radius 3 is 2.59 bits per heavy atom. The van der Waals surface area contributed by atoms with Crippen molar-refractivity contribution in [1.29, 1.82) is 0 Å². The zero-order valence-corrected chi connectivity index (χ0v) is 24.4. The largest absolute Gasteiger partial charge is 0.494 e. The summed E-state index contributed by atoms with van der Waals surface area (Å²) >= 11 is 4.70. The van der Waals surface area contributed by atoms with E-state index < -0.39 is 12.0 Å². The van der Waals surface area contributed by atoms with E-state index in [9.17, 15) is 9.59 Å². The summed E-state index contributed by atoms with van der Waals surface area (Å²) in [6, 6.07) is 10.2. The molecule has 0 spiro atoms. The van der Waals surface area contributed by atoms with Gasteiger partial charge >= 0.3 is 5.97 Å². The Hall–Kier alpha value is -3.81. The molecule has 1 atom stereocenters. The lowest BCUT2D eigenvalue weighted by atomic mass is 9.96. The highest BCUT2D eigenvalue weighted by Gasteiger charge is 2.33. The van der Waals surface area contributed by atoms with Crippen LogP contribution in [0.1, 0.15) is 37.9 Å². The number of methoxy groups -OCH3 is 1. The molecule has 1 aliphatic rings. The molecule has 0 saturated heterocycles. The fourth-order valence-corrected chi connectivity index (χ4v) is 5.77. The zero-order valence-electron chi connectivity index (χ0n) is 21.9. The minimum atomic E-state index is -0.729. The molecule has 0 saturated carbocycles. The van der Waals surface area contributed by atoms with E-state index in [0.29, 0.717) is 50.0 Å². The normalized spacial score (nSPS) is 14.8. The summed E-state index contributed by atoms with van der Waals surface area (Å²) in [5.41, 5.74) is 1.81. The van der Waals surface area contributed by atoms with Gasteiger partial charge in [0, 0.05) is 10.0 Å². The van der Waals surface area contributed by atoms with Gasteiger partial charge in [-0.25, -0.2) is 9.79 Å². The molecule has 10 heteroatoms. The number of carbonyl (C=O) groups excluding carboxylic acids is 1. The lowest BCUT2D eigenvalue weighted by molar-refractivity contribution is -0.139. The van der Waals surface area contributed by atoms with E-state index in [2.05, 4.69) is 26.8 Å². The van der Waals surface area contributed by atoms with Gasteiger partial charge in [0.05, 0.1) is 42.2 Å². The lowest BCUT2D eigenvalue weighted by Gasteiger charge is -2.24. The number of allylic oxidation sites excluding steroid dienone is 1. The van der Waals surface area contributed by atoms with Gasteiger partial charge in [0.25, 0.3) is 5.56 Å². The molecular formula is C29H27BrN2O6S. The highest BCUT2D eigenvalue weighted by molar-refractivity contribution is 9.10. The number of halogens is 1. The van der Waals surface area contributed by atoms with Crippen LogP contribution in [0.4, 0.5) is 0 Å². The highest BCUT2D eigenvalue weighted by Crippen LogP contribution is 2.36. The quantitative estimate of drug-likeness (QED) is 0.269. The van der Waals surface area contributed by atoms with E-state index in [-0.39, 0.29) is 18.8 Å². The fraction of sp³-hybridized carbons (Fsp3) is 0.276. The Morgan fingerprint density at radius 2 is 1.95 bits per heavy atom. The number of benzene rings is 2. The van der Waals surface area contributed by atoms with Crippen LogP contribution in [0, 0.1) is 12.3 Å². The first kappa shape index (κ1) is 28.2. The first-order valence-corrected chi connectivity index (χ1v) is 13.8. The van der Waals surface area contributed by atoms with Crippen molar-refractivity contribution in [3.8, 4) is 29.6 Å². The van der Waals surface area contributed by atoms with E-state index in [1.165, 1.54) is 23.0 Å². The van der Waals surface area contributed by atoms with Crippen LogP contribution in [-0.2, 0) is 9.53 Å². The summed E-state index contributed by atoms with van der Waals surface area (Å²) in [6.07, 6.45) is 7.12. The molecule has 2 aromatic carbocycles. The topological polar surface area (TPSA) is 88.4 Å². The third kappa shape index (κ3) is 5.79. The molecule has 0 aliphatic carbocycles. The van der Waals surface area contributed by atoms with Crippen LogP contribution < -0.4 is 29.1 Å². The van der Waals surface area contributed by atoms with Crippen LogP contribution >= 0.6 is 27.3 Å². The van der Waals surface area contributed by atoms with Gasteiger partial charge < -0.3 is 18.9 Å². The Morgan fingerprint density at radius 1 is 1.21 bits per heavy atom. The number of aromatic nitrogens is 1. The third-order valence-electron chi connectivity index (χ3n) is 5.88. The number of terminal acetylenes is 1. The smallest absolute Gasteiger partial charge is 0.338 e. The van der Waals surface area contributed by atoms with Crippen molar-refractivity contribution in [2.24, 2.45) is 4.99 Å². The summed E-state index contributed by atoms with van der Waals surface area (Å²) in [7, 11) is 1.53. The van der Waals surface area contributed by atoms with Crippen LogP contribution in [0.15, 0.2) is 61.9 Å². The monoisotopic (exact) mass is 610 g/mol. The predicted molar refractivity (Wildman–Crippen MR) is 153 cm³/mol. The average molecular weight is 612 g/mol. The Balaban J connectivity index is 1.94. The molecule has 4 rings (SSSR count). The summed E-state index contributed by atoms with van der Waals surface area (Å²) in [6.45, 7) is 6.13. The summed E-state index contributed by atoms with van der Waals surface area (Å²) in [5.74, 6) is 3.50. The number of hydrogen-bond donors (Lipinski definition) is 0. The highest BCUT2D eigenvalue weighted by atomic mass is 79.9. The van der Waals surface area contributed by atoms with Crippen LogP contribution in [-0.4, -0.2) is 37.5 Å². The molecule has 0 fully saturated rings. The number of fused-ring (bicyclic) bond motifs is 1. The second kappa shape index (κ2) is 12.4. The first-order valence-electron chi connectivity index (χ1n) is 12.2. The molecule has 3 aromatic rings. The SMILES string of the molecule is C#CCOc1c(/C=c2\sc3n(c2=O)[C@H](c2ccc(OCC)cc2)C(C(=O)OCC)=C(C)N=3)cc(Br)cc1OC. The van der Waals surface area contributed by atoms with E-state index in [0.717, 1.165) is 10.0 Å². The van der Waals surface area contributed by atoms with Crippen molar-refractivity contribution >= 4 is 39.3 Å². The maximum absolute atomic E-state index is 13.9. The maximum Gasteiger partial charge on any atom is 0.338 e. The number of rotatable bonds is 9. The predicted octanol–water partition coefficient (Wildman–Crippen LogP) is 3.98. The molecule has 1 aromatic heterocycles. The number of hydrogen-bond acceptors (Lipinski definition) is 8. The van der Waals surface area contributed by atoms with Crippen LogP contribution in [0.2, 0.25) is 0 Å². The van der Waals surface area contributed by atoms with E-state index in [1.54, 1.807) is 26.0 Å². The first-order chi connectivity index (χ1) is 18.8. The van der Waals surface area contributed by atoms with Crippen LogP contribution in [0.25, 0.3) is 6.08 Å². The number of nitrogens with zero attached hydrogens (tertiary/aromatic N) is 2. The Labute approximate surface area is 238 Å². The summed E-state index contributed by atoms with van der Waals surface area (Å²) in [4.78, 5) is 32.1. The van der Waals surface area contributed by atoms with Gasteiger partial charge in [0.2, 0.25) is 0 Å². The average Bonchev–Trinajstić information content (AvgIpc) is 3.21. The van der Waals surface area contributed by atoms with Crippen molar-refractivity contribution in [2.45, 2.75) is 26.8 Å². The molecule has 1 aliphatic heterocycles. The maximum atomic E-state index is 13.9. The van der Waals surface area contributed by atoms with Crippen LogP contribution in [0.5, 0.6) is 17.2 Å². The molecule has 202 valence electrons. The van der Waals surface area contributed by atoms with Gasteiger partial charge in [-0.15, -0.1) is 6.42 Å². The molecule has 8 nitrogen and oxygen atoms in total. The number of thiazole rings is 1. The van der Waals surface area contributed by atoms with Gasteiger partial charge in [-0.3, -0.25) is 9.36 Å². The minimum Gasteiger partial charge on any atom is -0.494 e. The Kier molecular flexibility index (Phi) is 8.94. The van der Waals surface area contributed by atoms with Crippen molar-refractivity contribution < 1.29 is 23.7 Å². The molecule has 0 amide bonds. The van der Waals surface area contributed by atoms with Crippen LogP contribution in [0.3, 0.4) is 0 Å². The van der Waals surface area contributed by atoms with Gasteiger partial charge in [-0.2, -0.15) is 0 Å².